The molecule has 0 aromatic heterocycles. The number of amides is 1. The Bertz CT molecular complexity index is 454. The van der Waals surface area contributed by atoms with Crippen molar-refractivity contribution in [2.75, 3.05) is 18.9 Å². The van der Waals surface area contributed by atoms with Crippen LogP contribution in [0.25, 0.3) is 0 Å². The van der Waals surface area contributed by atoms with E-state index in [0.29, 0.717) is 23.9 Å². The number of benzene rings is 1. The summed E-state index contributed by atoms with van der Waals surface area (Å²) in [5.74, 6) is 0.710. The van der Waals surface area contributed by atoms with Gasteiger partial charge in [0.15, 0.2) is 0 Å². The molecule has 0 aliphatic rings. The van der Waals surface area contributed by atoms with Crippen molar-refractivity contribution in [1.82, 2.24) is 5.32 Å². The molecule has 4 nitrogen and oxygen atoms in total. The number of esters is 1. The molecule has 0 aliphatic heterocycles. The Morgan fingerprint density at radius 2 is 2.20 bits per heavy atom. The van der Waals surface area contributed by atoms with Gasteiger partial charge in [-0.15, -0.1) is 11.8 Å². The summed E-state index contributed by atoms with van der Waals surface area (Å²) in [6.45, 7) is 2.43. The molecule has 0 atom stereocenters. The highest BCUT2D eigenvalue weighted by Gasteiger charge is 2.05. The maximum absolute atomic E-state index is 11.5. The number of rotatable bonds is 8. The van der Waals surface area contributed by atoms with Crippen LogP contribution in [-0.4, -0.2) is 30.8 Å². The maximum atomic E-state index is 11.5. The van der Waals surface area contributed by atoms with Crippen molar-refractivity contribution in [3.8, 4) is 0 Å². The molecule has 1 rings (SSSR count). The zero-order valence-corrected chi connectivity index (χ0v) is 12.9. The highest BCUT2D eigenvalue weighted by Crippen LogP contribution is 2.16. The smallest absolute Gasteiger partial charge is 0.307 e. The predicted octanol–water partition coefficient (Wildman–Crippen LogP) is 2.64. The quantitative estimate of drug-likeness (QED) is 0.749. The van der Waals surface area contributed by atoms with Gasteiger partial charge in [-0.2, -0.15) is 0 Å². The van der Waals surface area contributed by atoms with Crippen molar-refractivity contribution in [1.29, 1.82) is 0 Å². The van der Waals surface area contributed by atoms with Crippen LogP contribution < -0.4 is 5.32 Å². The Morgan fingerprint density at radius 1 is 1.40 bits per heavy atom. The van der Waals surface area contributed by atoms with Crippen molar-refractivity contribution in [2.24, 2.45) is 0 Å². The molecule has 1 aromatic carbocycles. The van der Waals surface area contributed by atoms with Gasteiger partial charge in [-0.05, 0) is 24.6 Å². The first-order valence-corrected chi connectivity index (χ1v) is 7.89. The van der Waals surface area contributed by atoms with Crippen molar-refractivity contribution in [3.05, 3.63) is 34.9 Å². The van der Waals surface area contributed by atoms with Gasteiger partial charge >= 0.3 is 5.97 Å². The molecular weight excluding hydrogens is 298 g/mol. The summed E-state index contributed by atoms with van der Waals surface area (Å²) < 4.78 is 4.77. The van der Waals surface area contributed by atoms with Crippen LogP contribution in [0.5, 0.6) is 0 Å². The highest BCUT2D eigenvalue weighted by atomic mass is 35.5. The second-order valence-corrected chi connectivity index (χ2v) is 5.45. The zero-order chi connectivity index (χ0) is 14.8. The summed E-state index contributed by atoms with van der Waals surface area (Å²) >= 11 is 7.38. The average molecular weight is 316 g/mol. The fourth-order valence-electron chi connectivity index (χ4n) is 1.48. The largest absolute Gasteiger partial charge is 0.466 e. The molecule has 0 unspecified atom stereocenters. The van der Waals surface area contributed by atoms with E-state index in [1.165, 1.54) is 11.8 Å². The van der Waals surface area contributed by atoms with Crippen LogP contribution in [-0.2, 0) is 20.1 Å². The fourth-order valence-corrected chi connectivity index (χ4v) is 2.49. The summed E-state index contributed by atoms with van der Waals surface area (Å²) in [5, 5.41) is 3.38. The summed E-state index contributed by atoms with van der Waals surface area (Å²) in [7, 11) is 0. The molecule has 0 heterocycles. The highest BCUT2D eigenvalue weighted by molar-refractivity contribution is 7.99. The van der Waals surface area contributed by atoms with Crippen molar-refractivity contribution < 1.29 is 14.3 Å². The molecule has 6 heteroatoms. The van der Waals surface area contributed by atoms with E-state index < -0.39 is 0 Å². The van der Waals surface area contributed by atoms with Crippen LogP contribution in [0.1, 0.15) is 18.9 Å². The minimum Gasteiger partial charge on any atom is -0.466 e. The number of carbonyl (C=O) groups is 2. The van der Waals surface area contributed by atoms with Crippen LogP contribution in [0.3, 0.4) is 0 Å². The van der Waals surface area contributed by atoms with Gasteiger partial charge in [0, 0.05) is 17.3 Å². The monoisotopic (exact) mass is 315 g/mol. The number of carbonyl (C=O) groups excluding carboxylic acids is 2. The van der Waals surface area contributed by atoms with E-state index in [-0.39, 0.29) is 18.3 Å². The fraction of sp³-hybridized carbons (Fsp3) is 0.429. The number of nitrogens with one attached hydrogen (secondary N) is 1. The Labute approximate surface area is 128 Å². The second-order valence-electron chi connectivity index (χ2n) is 4.03. The molecule has 0 bridgehead atoms. The van der Waals surface area contributed by atoms with Gasteiger partial charge in [-0.25, -0.2) is 0 Å². The van der Waals surface area contributed by atoms with E-state index in [9.17, 15) is 9.59 Å². The SMILES string of the molecule is CCOC(=O)CCNC(=O)CSCc1cccc(Cl)c1. The third-order valence-corrected chi connectivity index (χ3v) is 3.59. The molecule has 0 spiro atoms. The van der Waals surface area contributed by atoms with Gasteiger partial charge in [0.2, 0.25) is 5.91 Å². The van der Waals surface area contributed by atoms with E-state index in [0.717, 1.165) is 11.3 Å². The summed E-state index contributed by atoms with van der Waals surface area (Å²) in [6.07, 6.45) is 0.207. The molecule has 1 aromatic rings. The first kappa shape index (κ1) is 16.9. The Kier molecular flexibility index (Phi) is 8.14. The van der Waals surface area contributed by atoms with Crippen LogP contribution in [0.15, 0.2) is 24.3 Å². The molecular formula is C14H18ClNO3S. The van der Waals surface area contributed by atoms with Gasteiger partial charge in [-0.1, -0.05) is 23.7 Å². The molecule has 110 valence electrons. The molecule has 1 N–H and O–H groups in total. The molecule has 20 heavy (non-hydrogen) atoms. The van der Waals surface area contributed by atoms with E-state index in [1.807, 2.05) is 24.3 Å². The van der Waals surface area contributed by atoms with Crippen LogP contribution in [0.4, 0.5) is 0 Å². The Balaban J connectivity index is 2.13. The lowest BCUT2D eigenvalue weighted by molar-refractivity contribution is -0.142. The van der Waals surface area contributed by atoms with E-state index >= 15 is 0 Å². The van der Waals surface area contributed by atoms with Crippen LogP contribution in [0.2, 0.25) is 5.02 Å². The number of halogens is 1. The second kappa shape index (κ2) is 9.66. The predicted molar refractivity (Wildman–Crippen MR) is 81.9 cm³/mol. The van der Waals surface area contributed by atoms with Crippen molar-refractivity contribution in [3.63, 3.8) is 0 Å². The Morgan fingerprint density at radius 3 is 2.90 bits per heavy atom. The normalized spacial score (nSPS) is 10.1. The van der Waals surface area contributed by atoms with Gasteiger partial charge < -0.3 is 10.1 Å². The van der Waals surface area contributed by atoms with Gasteiger partial charge in [0.05, 0.1) is 18.8 Å². The minimum absolute atomic E-state index is 0.0821. The molecule has 0 saturated carbocycles. The summed E-state index contributed by atoms with van der Waals surface area (Å²) in [6, 6.07) is 7.56. The molecule has 0 saturated heterocycles. The molecule has 0 radical (unpaired) electrons. The van der Waals surface area contributed by atoms with Gasteiger partial charge in [0.1, 0.15) is 0 Å². The lowest BCUT2D eigenvalue weighted by atomic mass is 10.2. The van der Waals surface area contributed by atoms with Crippen molar-refractivity contribution in [2.45, 2.75) is 19.1 Å². The van der Waals surface area contributed by atoms with E-state index in [1.54, 1.807) is 6.92 Å². The zero-order valence-electron chi connectivity index (χ0n) is 11.4. The van der Waals surface area contributed by atoms with E-state index in [4.69, 9.17) is 16.3 Å². The lowest BCUT2D eigenvalue weighted by Crippen LogP contribution is -2.28. The molecule has 0 fully saturated rings. The van der Waals surface area contributed by atoms with Crippen LogP contribution >= 0.6 is 23.4 Å². The van der Waals surface area contributed by atoms with Crippen molar-refractivity contribution >= 4 is 35.2 Å². The number of ether oxygens (including phenoxy) is 1. The minimum atomic E-state index is -0.292. The lowest BCUT2D eigenvalue weighted by Gasteiger charge is -2.05. The topological polar surface area (TPSA) is 55.4 Å². The maximum Gasteiger partial charge on any atom is 0.307 e. The standard InChI is InChI=1S/C14H18ClNO3S/c1-2-19-14(18)6-7-16-13(17)10-20-9-11-4-3-5-12(15)8-11/h3-5,8H,2,6-7,9-10H2,1H3,(H,16,17). The number of thioether (sulfide) groups is 1. The first-order chi connectivity index (χ1) is 9.61. The third-order valence-electron chi connectivity index (χ3n) is 2.35. The van der Waals surface area contributed by atoms with Gasteiger partial charge in [-0.3, -0.25) is 9.59 Å². The number of hydrogen-bond acceptors (Lipinski definition) is 4. The third kappa shape index (κ3) is 7.40. The van der Waals surface area contributed by atoms with Gasteiger partial charge in [0.25, 0.3) is 0 Å². The summed E-state index contributed by atoms with van der Waals surface area (Å²) in [5.41, 5.74) is 1.09. The number of hydrogen-bond donors (Lipinski definition) is 1. The summed E-state index contributed by atoms with van der Waals surface area (Å²) in [4.78, 5) is 22.6. The van der Waals surface area contributed by atoms with Crippen LogP contribution in [0, 0.1) is 0 Å². The first-order valence-electron chi connectivity index (χ1n) is 6.36. The molecule has 0 aliphatic carbocycles. The van der Waals surface area contributed by atoms with E-state index in [2.05, 4.69) is 5.32 Å². The Hall–Kier alpha value is -1.20. The average Bonchev–Trinajstić information content (AvgIpc) is 2.39. The molecule has 1 amide bonds.